The van der Waals surface area contributed by atoms with Crippen molar-refractivity contribution in [2.45, 2.75) is 0 Å². The summed E-state index contributed by atoms with van der Waals surface area (Å²) in [5, 5.41) is 15.5. The van der Waals surface area contributed by atoms with Crippen LogP contribution in [0.1, 0.15) is 10.4 Å². The van der Waals surface area contributed by atoms with Crippen LogP contribution in [-0.2, 0) is 10.0 Å². The molecule has 0 atom stereocenters. The molecular formula is C9H9F3N2O4S. The van der Waals surface area contributed by atoms with Crippen molar-refractivity contribution in [3.05, 3.63) is 29.1 Å². The highest BCUT2D eigenvalue weighted by Gasteiger charge is 2.22. The fourth-order valence-corrected chi connectivity index (χ4v) is 1.54. The molecule has 19 heavy (non-hydrogen) atoms. The normalized spacial score (nSPS) is 11.4. The highest BCUT2D eigenvalue weighted by atomic mass is 32.2. The Morgan fingerprint density at radius 1 is 1.32 bits per heavy atom. The number of hydrogen-bond acceptors (Lipinski definition) is 4. The molecule has 0 saturated heterocycles. The Kier molecular flexibility index (Phi) is 4.37. The smallest absolute Gasteiger partial charge is 0.254 e. The summed E-state index contributed by atoms with van der Waals surface area (Å²) in [7, 11) is -3.83. The fourth-order valence-electron chi connectivity index (χ4n) is 1.16. The van der Waals surface area contributed by atoms with E-state index in [1.807, 2.05) is 5.32 Å². The Labute approximate surface area is 106 Å². The number of nitrogens with two attached hydrogens (primary N) is 1. The monoisotopic (exact) mass is 298 g/mol. The highest BCUT2D eigenvalue weighted by Crippen LogP contribution is 2.25. The quantitative estimate of drug-likeness (QED) is 0.670. The number of aromatic hydroxyl groups is 1. The number of carbonyl (C=O) groups is 1. The molecule has 0 saturated carbocycles. The zero-order valence-electron chi connectivity index (χ0n) is 9.28. The molecule has 4 N–H and O–H groups in total. The minimum absolute atomic E-state index is 0.247. The molecule has 0 bridgehead atoms. The summed E-state index contributed by atoms with van der Waals surface area (Å²) in [5.41, 5.74) is -0.953. The van der Waals surface area contributed by atoms with E-state index in [-0.39, 0.29) is 6.07 Å². The second-order valence-corrected chi connectivity index (χ2v) is 5.24. The van der Waals surface area contributed by atoms with Crippen LogP contribution in [-0.4, -0.2) is 31.7 Å². The van der Waals surface area contributed by atoms with Crippen molar-refractivity contribution in [1.82, 2.24) is 5.32 Å². The lowest BCUT2D eigenvalue weighted by Gasteiger charge is -2.07. The van der Waals surface area contributed by atoms with E-state index in [0.717, 1.165) is 0 Å². The van der Waals surface area contributed by atoms with Gasteiger partial charge in [0.2, 0.25) is 15.8 Å². The van der Waals surface area contributed by atoms with Crippen molar-refractivity contribution in [2.75, 3.05) is 12.3 Å². The van der Waals surface area contributed by atoms with E-state index in [9.17, 15) is 26.4 Å². The molecule has 106 valence electrons. The van der Waals surface area contributed by atoms with Crippen LogP contribution >= 0.6 is 0 Å². The minimum Gasteiger partial charge on any atom is -0.503 e. The van der Waals surface area contributed by atoms with Gasteiger partial charge in [0.05, 0.1) is 11.3 Å². The largest absolute Gasteiger partial charge is 0.503 e. The molecule has 0 fully saturated rings. The van der Waals surface area contributed by atoms with E-state index in [1.54, 1.807) is 0 Å². The molecule has 0 heterocycles. The van der Waals surface area contributed by atoms with E-state index in [2.05, 4.69) is 5.14 Å². The average molecular weight is 298 g/mol. The average Bonchev–Trinajstić information content (AvgIpc) is 2.29. The summed E-state index contributed by atoms with van der Waals surface area (Å²) < 4.78 is 60.1. The molecule has 0 aliphatic carbocycles. The van der Waals surface area contributed by atoms with Crippen molar-refractivity contribution in [3.63, 3.8) is 0 Å². The van der Waals surface area contributed by atoms with Crippen LogP contribution in [0.15, 0.2) is 6.07 Å². The van der Waals surface area contributed by atoms with Gasteiger partial charge in [-0.3, -0.25) is 4.79 Å². The summed E-state index contributed by atoms with van der Waals surface area (Å²) in [5.74, 6) is -8.54. The number of phenols is 1. The first kappa shape index (κ1) is 15.2. The lowest BCUT2D eigenvalue weighted by Crippen LogP contribution is -2.32. The predicted molar refractivity (Wildman–Crippen MR) is 58.3 cm³/mol. The molecule has 0 unspecified atom stereocenters. The molecule has 10 heteroatoms. The first-order valence-corrected chi connectivity index (χ1v) is 6.50. The van der Waals surface area contributed by atoms with Crippen LogP contribution in [0.25, 0.3) is 0 Å². The van der Waals surface area contributed by atoms with Crippen LogP contribution in [0.3, 0.4) is 0 Å². The molecule has 1 aromatic rings. The summed E-state index contributed by atoms with van der Waals surface area (Å²) in [6, 6.07) is 0.247. The SMILES string of the molecule is NS(=O)(=O)CCNC(=O)c1cc(F)c(F)c(O)c1F. The number of carbonyl (C=O) groups excluding carboxylic acids is 1. The zero-order valence-corrected chi connectivity index (χ0v) is 10.1. The number of halogens is 3. The van der Waals surface area contributed by atoms with E-state index in [0.29, 0.717) is 0 Å². The minimum atomic E-state index is -3.83. The van der Waals surface area contributed by atoms with E-state index >= 15 is 0 Å². The number of primary sulfonamides is 1. The van der Waals surface area contributed by atoms with Gasteiger partial charge in [0, 0.05) is 6.54 Å². The van der Waals surface area contributed by atoms with Crippen molar-refractivity contribution in [3.8, 4) is 5.75 Å². The van der Waals surface area contributed by atoms with Gasteiger partial charge in [0.1, 0.15) is 0 Å². The van der Waals surface area contributed by atoms with Crippen LogP contribution in [0, 0.1) is 17.5 Å². The summed E-state index contributed by atoms with van der Waals surface area (Å²) in [6.45, 7) is -0.448. The van der Waals surface area contributed by atoms with E-state index in [1.165, 1.54) is 0 Å². The standard InChI is InChI=1S/C9H9F3N2O4S/c10-5-3-4(6(11)8(15)7(5)12)9(16)14-1-2-19(13,17)18/h3,15H,1-2H2,(H,14,16)(H2,13,17,18). The lowest BCUT2D eigenvalue weighted by atomic mass is 10.1. The van der Waals surface area contributed by atoms with Crippen LogP contribution in [0.4, 0.5) is 13.2 Å². The number of phenolic OH excluding ortho intramolecular Hbond substituents is 1. The molecule has 0 aromatic heterocycles. The summed E-state index contributed by atoms with van der Waals surface area (Å²) >= 11 is 0. The van der Waals surface area contributed by atoms with Crippen LogP contribution in [0.2, 0.25) is 0 Å². The van der Waals surface area contributed by atoms with Gasteiger partial charge >= 0.3 is 0 Å². The second kappa shape index (κ2) is 5.45. The number of hydrogen-bond donors (Lipinski definition) is 3. The Hall–Kier alpha value is -1.81. The van der Waals surface area contributed by atoms with Crippen molar-refractivity contribution in [1.29, 1.82) is 0 Å². The highest BCUT2D eigenvalue weighted by molar-refractivity contribution is 7.89. The molecule has 6 nitrogen and oxygen atoms in total. The Morgan fingerprint density at radius 3 is 2.42 bits per heavy atom. The van der Waals surface area contributed by atoms with Crippen molar-refractivity contribution in [2.24, 2.45) is 5.14 Å². The zero-order chi connectivity index (χ0) is 14.8. The Bertz CT molecular complexity index is 618. The predicted octanol–water partition coefficient (Wildman–Crippen LogP) is -0.172. The maximum Gasteiger partial charge on any atom is 0.254 e. The number of rotatable bonds is 4. The van der Waals surface area contributed by atoms with E-state index < -0.39 is 57.0 Å². The molecule has 1 rings (SSSR count). The van der Waals surface area contributed by atoms with Gasteiger partial charge in [-0.05, 0) is 6.07 Å². The van der Waals surface area contributed by atoms with Gasteiger partial charge in [-0.2, -0.15) is 4.39 Å². The number of benzene rings is 1. The number of sulfonamides is 1. The first-order valence-electron chi connectivity index (χ1n) is 4.78. The number of nitrogens with one attached hydrogen (secondary N) is 1. The Balaban J connectivity index is 2.89. The van der Waals surface area contributed by atoms with Gasteiger partial charge in [0.25, 0.3) is 5.91 Å². The van der Waals surface area contributed by atoms with Gasteiger partial charge < -0.3 is 10.4 Å². The van der Waals surface area contributed by atoms with Crippen LogP contribution in [0.5, 0.6) is 5.75 Å². The third kappa shape index (κ3) is 3.83. The summed E-state index contributed by atoms with van der Waals surface area (Å²) in [4.78, 5) is 11.4. The maximum atomic E-state index is 13.3. The topological polar surface area (TPSA) is 109 Å². The first-order chi connectivity index (χ1) is 8.63. The third-order valence-corrected chi connectivity index (χ3v) is 2.82. The van der Waals surface area contributed by atoms with Crippen LogP contribution < -0.4 is 10.5 Å². The molecular weight excluding hydrogens is 289 g/mol. The molecule has 0 spiro atoms. The van der Waals surface area contributed by atoms with Gasteiger partial charge in [0.15, 0.2) is 17.4 Å². The number of amides is 1. The van der Waals surface area contributed by atoms with Crippen molar-refractivity contribution >= 4 is 15.9 Å². The Morgan fingerprint density at radius 2 is 1.89 bits per heavy atom. The molecule has 0 radical (unpaired) electrons. The molecule has 1 amide bonds. The second-order valence-electron chi connectivity index (χ2n) is 3.51. The third-order valence-electron chi connectivity index (χ3n) is 2.05. The fraction of sp³-hybridized carbons (Fsp3) is 0.222. The van der Waals surface area contributed by atoms with Gasteiger partial charge in [-0.1, -0.05) is 0 Å². The van der Waals surface area contributed by atoms with Crippen molar-refractivity contribution < 1.29 is 31.5 Å². The maximum absolute atomic E-state index is 13.3. The molecule has 0 aliphatic rings. The molecule has 1 aromatic carbocycles. The molecule has 0 aliphatic heterocycles. The van der Waals surface area contributed by atoms with Gasteiger partial charge in [-0.15, -0.1) is 0 Å². The summed E-state index contributed by atoms with van der Waals surface area (Å²) in [6.07, 6.45) is 0. The van der Waals surface area contributed by atoms with E-state index in [4.69, 9.17) is 5.11 Å². The van der Waals surface area contributed by atoms with Gasteiger partial charge in [-0.25, -0.2) is 22.3 Å². The lowest BCUT2D eigenvalue weighted by molar-refractivity contribution is 0.0950.